The second-order valence-electron chi connectivity index (χ2n) is 6.34. The van der Waals surface area contributed by atoms with E-state index in [-0.39, 0.29) is 11.8 Å². The van der Waals surface area contributed by atoms with Crippen molar-refractivity contribution < 1.29 is 9.59 Å². The Morgan fingerprint density at radius 3 is 2.33 bits per heavy atom. The summed E-state index contributed by atoms with van der Waals surface area (Å²) < 4.78 is 3.28. The molecule has 0 aliphatic carbocycles. The van der Waals surface area contributed by atoms with E-state index in [0.717, 1.165) is 0 Å². The van der Waals surface area contributed by atoms with E-state index < -0.39 is 0 Å². The molecule has 2 amide bonds. The highest BCUT2D eigenvalue weighted by molar-refractivity contribution is 6.04. The van der Waals surface area contributed by atoms with Crippen LogP contribution >= 0.6 is 0 Å². The number of anilines is 2. The molecule has 2 aromatic heterocycles. The van der Waals surface area contributed by atoms with E-state index >= 15 is 0 Å². The lowest BCUT2D eigenvalue weighted by atomic mass is 10.3. The smallest absolute Gasteiger partial charge is 0.272 e. The number of carbonyl (C=O) groups is 2. The summed E-state index contributed by atoms with van der Waals surface area (Å²) in [6.07, 6.45) is 3.33. The molecule has 10 nitrogen and oxygen atoms in total. The number of nitrogens with one attached hydrogen (secondary N) is 2. The Balaban J connectivity index is 1.97. The van der Waals surface area contributed by atoms with Crippen molar-refractivity contribution in [3.8, 4) is 0 Å². The molecule has 27 heavy (non-hydrogen) atoms. The van der Waals surface area contributed by atoms with Crippen LogP contribution in [0.1, 0.15) is 21.0 Å². The topological polar surface area (TPSA) is 136 Å². The molecule has 2 rings (SSSR count). The number of carbonyl (C=O) groups excluding carboxylic acids is 2. The van der Waals surface area contributed by atoms with Gasteiger partial charge in [-0.05, 0) is 12.1 Å². The summed E-state index contributed by atoms with van der Waals surface area (Å²) in [5.41, 5.74) is 13.3. The van der Waals surface area contributed by atoms with E-state index in [0.29, 0.717) is 41.8 Å². The Morgan fingerprint density at radius 1 is 1.11 bits per heavy atom. The summed E-state index contributed by atoms with van der Waals surface area (Å²) in [5.74, 6) is -0.172. The lowest BCUT2D eigenvalue weighted by Gasteiger charge is -2.10. The zero-order valence-corrected chi connectivity index (χ0v) is 16.0. The Morgan fingerprint density at radius 2 is 1.74 bits per heavy atom. The van der Waals surface area contributed by atoms with E-state index in [9.17, 15) is 9.59 Å². The molecular weight excluding hydrogens is 348 g/mol. The first-order chi connectivity index (χ1) is 12.7. The first kappa shape index (κ1) is 19.9. The summed E-state index contributed by atoms with van der Waals surface area (Å²) in [4.78, 5) is 30.5. The van der Waals surface area contributed by atoms with E-state index in [1.165, 1.54) is 0 Å². The highest BCUT2D eigenvalue weighted by atomic mass is 16.2. The molecule has 10 heteroatoms. The van der Waals surface area contributed by atoms with Gasteiger partial charge in [-0.2, -0.15) is 0 Å². The Hall–Kier alpha value is -3.43. The van der Waals surface area contributed by atoms with Gasteiger partial charge in [0.25, 0.3) is 11.8 Å². The molecule has 2 heterocycles. The van der Waals surface area contributed by atoms with Crippen LogP contribution in [0.25, 0.3) is 0 Å². The molecule has 0 spiro atoms. The van der Waals surface area contributed by atoms with Gasteiger partial charge in [-0.15, -0.1) is 0 Å². The van der Waals surface area contributed by atoms with E-state index in [4.69, 9.17) is 11.5 Å². The lowest BCUT2D eigenvalue weighted by molar-refractivity contribution is 0.0945. The van der Waals surface area contributed by atoms with Gasteiger partial charge in [0.1, 0.15) is 11.4 Å². The number of rotatable bonds is 6. The van der Waals surface area contributed by atoms with Gasteiger partial charge in [-0.3, -0.25) is 14.6 Å². The van der Waals surface area contributed by atoms with E-state index in [2.05, 4.69) is 15.6 Å². The number of nitrogens with two attached hydrogens (primary N) is 2. The van der Waals surface area contributed by atoms with Crippen LogP contribution in [-0.2, 0) is 14.1 Å². The number of nitrogen functional groups attached to an aromatic ring is 1. The monoisotopic (exact) mass is 374 g/mol. The number of hydrogen-bond acceptors (Lipinski definition) is 4. The van der Waals surface area contributed by atoms with Crippen molar-refractivity contribution in [3.05, 3.63) is 35.9 Å². The number of aromatic nitrogens is 2. The molecule has 0 aliphatic rings. The first-order valence-corrected chi connectivity index (χ1v) is 8.34. The highest BCUT2D eigenvalue weighted by Gasteiger charge is 2.15. The van der Waals surface area contributed by atoms with Crippen molar-refractivity contribution in [3.63, 3.8) is 0 Å². The van der Waals surface area contributed by atoms with Crippen LogP contribution in [0.5, 0.6) is 0 Å². The minimum absolute atomic E-state index is 0.264. The maximum Gasteiger partial charge on any atom is 0.272 e. The summed E-state index contributed by atoms with van der Waals surface area (Å²) in [5, 5.41) is 5.53. The Labute approximate surface area is 157 Å². The average Bonchev–Trinajstić information content (AvgIpc) is 3.12. The number of amides is 2. The third kappa shape index (κ3) is 5.03. The quantitative estimate of drug-likeness (QED) is 0.315. The average molecular weight is 374 g/mol. The maximum absolute atomic E-state index is 12.3. The zero-order valence-electron chi connectivity index (χ0n) is 16.0. The van der Waals surface area contributed by atoms with Gasteiger partial charge in [0, 0.05) is 47.1 Å². The van der Waals surface area contributed by atoms with Crippen LogP contribution in [-0.4, -0.2) is 59.0 Å². The van der Waals surface area contributed by atoms with E-state index in [1.807, 2.05) is 0 Å². The fraction of sp³-hybridized carbons (Fsp3) is 0.353. The standard InChI is InChI=1S/C17H26N8O2/c1-23(2)17(19)21-6-5-20-15(26)14-8-12(10-25(14)4)22-16(27)13-7-11(18)9-24(13)3/h7-10H,5-6,18H2,1-4H3,(H2,19,21)(H,20,26)(H,22,27). The van der Waals surface area contributed by atoms with Crippen LogP contribution in [0.2, 0.25) is 0 Å². The lowest BCUT2D eigenvalue weighted by Crippen LogP contribution is -2.32. The van der Waals surface area contributed by atoms with Gasteiger partial charge in [0.2, 0.25) is 0 Å². The SMILES string of the molecule is CN(C)C(N)=NCCNC(=O)c1cc(NC(=O)c2cc(N)cn2C)cn1C. The van der Waals surface area contributed by atoms with Gasteiger partial charge >= 0.3 is 0 Å². The third-order valence-electron chi connectivity index (χ3n) is 3.88. The van der Waals surface area contributed by atoms with Crippen molar-refractivity contribution in [2.75, 3.05) is 38.2 Å². The van der Waals surface area contributed by atoms with Gasteiger partial charge in [0.05, 0.1) is 17.9 Å². The molecule has 0 aromatic carbocycles. The molecular formula is C17H26N8O2. The molecule has 0 bridgehead atoms. The van der Waals surface area contributed by atoms with Crippen molar-refractivity contribution in [1.29, 1.82) is 0 Å². The minimum Gasteiger partial charge on any atom is -0.397 e. The fourth-order valence-electron chi connectivity index (χ4n) is 2.44. The van der Waals surface area contributed by atoms with Crippen molar-refractivity contribution in [2.45, 2.75) is 0 Å². The molecule has 2 aromatic rings. The number of aliphatic imine (C=N–C) groups is 1. The van der Waals surface area contributed by atoms with Crippen LogP contribution in [0, 0.1) is 0 Å². The van der Waals surface area contributed by atoms with Crippen LogP contribution < -0.4 is 22.1 Å². The normalized spacial score (nSPS) is 11.3. The maximum atomic E-state index is 12.3. The predicted octanol–water partition coefficient (Wildman–Crippen LogP) is -0.196. The third-order valence-corrected chi connectivity index (χ3v) is 3.88. The molecule has 146 valence electrons. The van der Waals surface area contributed by atoms with Crippen molar-refractivity contribution in [2.24, 2.45) is 24.8 Å². The summed E-state index contributed by atoms with van der Waals surface area (Å²) in [7, 11) is 7.05. The molecule has 0 aliphatic heterocycles. The molecule has 0 saturated heterocycles. The van der Waals surface area contributed by atoms with Gasteiger partial charge in [-0.25, -0.2) is 0 Å². The van der Waals surface area contributed by atoms with Crippen LogP contribution in [0.4, 0.5) is 11.4 Å². The highest BCUT2D eigenvalue weighted by Crippen LogP contribution is 2.16. The number of hydrogen-bond donors (Lipinski definition) is 4. The zero-order chi connectivity index (χ0) is 20.1. The van der Waals surface area contributed by atoms with Gasteiger partial charge < -0.3 is 36.1 Å². The summed E-state index contributed by atoms with van der Waals surface area (Å²) in [6, 6.07) is 3.20. The molecule has 0 unspecified atom stereocenters. The Bertz CT molecular complexity index is 862. The van der Waals surface area contributed by atoms with Crippen LogP contribution in [0.15, 0.2) is 29.5 Å². The number of nitrogens with zero attached hydrogens (tertiary/aromatic N) is 4. The molecule has 0 atom stereocenters. The molecule has 0 fully saturated rings. The summed E-state index contributed by atoms with van der Waals surface area (Å²) >= 11 is 0. The second-order valence-corrected chi connectivity index (χ2v) is 6.34. The van der Waals surface area contributed by atoms with Crippen molar-refractivity contribution in [1.82, 2.24) is 19.4 Å². The molecule has 6 N–H and O–H groups in total. The van der Waals surface area contributed by atoms with Crippen molar-refractivity contribution >= 4 is 29.1 Å². The van der Waals surface area contributed by atoms with Crippen LogP contribution in [0.3, 0.4) is 0 Å². The largest absolute Gasteiger partial charge is 0.397 e. The van der Waals surface area contributed by atoms with E-state index in [1.54, 1.807) is 66.8 Å². The molecule has 0 saturated carbocycles. The van der Waals surface area contributed by atoms with Gasteiger partial charge in [-0.1, -0.05) is 0 Å². The first-order valence-electron chi connectivity index (χ1n) is 8.34. The number of guanidine groups is 1. The Kier molecular flexibility index (Phi) is 6.11. The minimum atomic E-state index is -0.305. The second kappa shape index (κ2) is 8.30. The number of aryl methyl sites for hydroxylation is 2. The summed E-state index contributed by atoms with van der Waals surface area (Å²) in [6.45, 7) is 0.724. The van der Waals surface area contributed by atoms with Gasteiger partial charge in [0.15, 0.2) is 5.96 Å². The molecule has 0 radical (unpaired) electrons. The fourth-order valence-corrected chi connectivity index (χ4v) is 2.44. The predicted molar refractivity (Wildman–Crippen MR) is 106 cm³/mol.